The first kappa shape index (κ1) is 23.1. The van der Waals surface area contributed by atoms with Crippen LogP contribution in [0.4, 0.5) is 0 Å². The van der Waals surface area contributed by atoms with Crippen molar-refractivity contribution in [3.63, 3.8) is 0 Å². The molecule has 0 radical (unpaired) electrons. The molecule has 31 heavy (non-hydrogen) atoms. The van der Waals surface area contributed by atoms with Crippen molar-refractivity contribution in [1.29, 1.82) is 0 Å². The summed E-state index contributed by atoms with van der Waals surface area (Å²) in [6.45, 7) is 11.4. The number of nitrogens with one attached hydrogen (secondary N) is 1. The number of carbonyl (C=O) groups is 1. The van der Waals surface area contributed by atoms with Crippen molar-refractivity contribution in [2.75, 3.05) is 26.8 Å². The average Bonchev–Trinajstić information content (AvgIpc) is 2.74. The number of morpholine rings is 1. The van der Waals surface area contributed by atoms with E-state index < -0.39 is 0 Å². The lowest BCUT2D eigenvalue weighted by Gasteiger charge is -2.35. The third-order valence-electron chi connectivity index (χ3n) is 5.45. The summed E-state index contributed by atoms with van der Waals surface area (Å²) in [4.78, 5) is 15.1. The van der Waals surface area contributed by atoms with Crippen LogP contribution in [0.25, 0.3) is 0 Å². The van der Waals surface area contributed by atoms with Gasteiger partial charge >= 0.3 is 0 Å². The maximum absolute atomic E-state index is 12.7. The summed E-state index contributed by atoms with van der Waals surface area (Å²) in [5.41, 5.74) is 2.81. The first-order chi connectivity index (χ1) is 14.9. The molecule has 168 valence electrons. The molecule has 1 aliphatic rings. The van der Waals surface area contributed by atoms with Crippen LogP contribution in [0.1, 0.15) is 55.2 Å². The van der Waals surface area contributed by atoms with E-state index in [0.717, 1.165) is 25.2 Å². The number of methoxy groups -OCH3 is 1. The molecule has 1 saturated heterocycles. The first-order valence-electron chi connectivity index (χ1n) is 11.0. The second-order valence-corrected chi connectivity index (χ2v) is 8.19. The Hall–Kier alpha value is -2.57. The molecule has 3 atom stereocenters. The lowest BCUT2D eigenvalue weighted by molar-refractivity contribution is -0.0704. The molecule has 1 amide bonds. The number of benzene rings is 2. The van der Waals surface area contributed by atoms with Gasteiger partial charge in [0.25, 0.3) is 5.91 Å². The molecule has 2 aromatic carbocycles. The smallest absolute Gasteiger partial charge is 0.251 e. The highest BCUT2D eigenvalue weighted by atomic mass is 16.5. The Labute approximate surface area is 185 Å². The van der Waals surface area contributed by atoms with E-state index in [2.05, 4.69) is 24.1 Å². The van der Waals surface area contributed by atoms with Crippen molar-refractivity contribution < 1.29 is 19.0 Å². The first-order valence-corrected chi connectivity index (χ1v) is 11.0. The molecular formula is C25H34N2O4. The summed E-state index contributed by atoms with van der Waals surface area (Å²) in [5.74, 6) is 1.27. The molecule has 3 rings (SSSR count). The minimum absolute atomic E-state index is 0.0967. The summed E-state index contributed by atoms with van der Waals surface area (Å²) >= 11 is 0. The van der Waals surface area contributed by atoms with Gasteiger partial charge in [-0.1, -0.05) is 18.2 Å². The molecule has 0 bridgehead atoms. The number of amides is 1. The molecule has 0 aromatic heterocycles. The van der Waals surface area contributed by atoms with E-state index in [-0.39, 0.29) is 24.2 Å². The highest BCUT2D eigenvalue weighted by molar-refractivity contribution is 5.94. The largest absolute Gasteiger partial charge is 0.493 e. The van der Waals surface area contributed by atoms with Crippen molar-refractivity contribution in [3.8, 4) is 11.5 Å². The van der Waals surface area contributed by atoms with Gasteiger partial charge in [-0.05, 0) is 63.1 Å². The molecule has 3 unspecified atom stereocenters. The quantitative estimate of drug-likeness (QED) is 0.686. The molecule has 1 N–H and O–H groups in total. The van der Waals surface area contributed by atoms with Crippen LogP contribution in [0.5, 0.6) is 11.5 Å². The third kappa shape index (κ3) is 6.21. The normalized spacial score (nSPS) is 20.2. The number of ether oxygens (including phenoxy) is 3. The fourth-order valence-corrected chi connectivity index (χ4v) is 4.02. The predicted octanol–water partition coefficient (Wildman–Crippen LogP) is 4.19. The van der Waals surface area contributed by atoms with Gasteiger partial charge in [0.05, 0.1) is 32.0 Å². The summed E-state index contributed by atoms with van der Waals surface area (Å²) < 4.78 is 16.8. The Balaban J connectivity index is 1.60. The number of hydrogen-bond acceptors (Lipinski definition) is 5. The molecule has 6 heteroatoms. The van der Waals surface area contributed by atoms with Crippen molar-refractivity contribution in [2.24, 2.45) is 0 Å². The Morgan fingerprint density at radius 1 is 1.13 bits per heavy atom. The summed E-state index contributed by atoms with van der Waals surface area (Å²) in [6, 6.07) is 13.4. The topological polar surface area (TPSA) is 60.0 Å². The van der Waals surface area contributed by atoms with Gasteiger partial charge in [-0.2, -0.15) is 0 Å². The number of rotatable bonds is 8. The number of nitrogens with zero attached hydrogens (tertiary/aromatic N) is 1. The second-order valence-electron chi connectivity index (χ2n) is 8.19. The van der Waals surface area contributed by atoms with E-state index in [1.807, 2.05) is 56.3 Å². The van der Waals surface area contributed by atoms with Crippen LogP contribution in [0.2, 0.25) is 0 Å². The SMILES string of the molecule is CCOc1ccc(C(C)NC(=O)c2ccc(CN3CC(C)OC(C)C3)cc2)cc1OC. The number of hydrogen-bond donors (Lipinski definition) is 1. The molecule has 0 aliphatic carbocycles. The zero-order valence-electron chi connectivity index (χ0n) is 19.2. The van der Waals surface area contributed by atoms with Gasteiger partial charge < -0.3 is 19.5 Å². The monoisotopic (exact) mass is 426 g/mol. The molecule has 2 aromatic rings. The van der Waals surface area contributed by atoms with E-state index in [4.69, 9.17) is 14.2 Å². The highest BCUT2D eigenvalue weighted by Crippen LogP contribution is 2.30. The summed E-state index contributed by atoms with van der Waals surface area (Å²) in [6.07, 6.45) is 0.494. The van der Waals surface area contributed by atoms with Crippen LogP contribution in [-0.2, 0) is 11.3 Å². The van der Waals surface area contributed by atoms with Crippen LogP contribution < -0.4 is 14.8 Å². The van der Waals surface area contributed by atoms with Crippen LogP contribution in [0.15, 0.2) is 42.5 Å². The molecule has 6 nitrogen and oxygen atoms in total. The van der Waals surface area contributed by atoms with Crippen molar-refractivity contribution >= 4 is 5.91 Å². The highest BCUT2D eigenvalue weighted by Gasteiger charge is 2.22. The Kier molecular flexibility index (Phi) is 7.93. The number of carbonyl (C=O) groups excluding carboxylic acids is 1. The zero-order valence-corrected chi connectivity index (χ0v) is 19.2. The van der Waals surface area contributed by atoms with Gasteiger partial charge in [-0.3, -0.25) is 9.69 Å². The van der Waals surface area contributed by atoms with Crippen LogP contribution in [0.3, 0.4) is 0 Å². The molecule has 0 spiro atoms. The maximum Gasteiger partial charge on any atom is 0.251 e. The molecular weight excluding hydrogens is 392 g/mol. The molecule has 1 heterocycles. The van der Waals surface area contributed by atoms with E-state index in [1.165, 1.54) is 5.56 Å². The van der Waals surface area contributed by atoms with E-state index in [0.29, 0.717) is 23.7 Å². The van der Waals surface area contributed by atoms with Gasteiger partial charge in [0, 0.05) is 25.2 Å². The minimum atomic E-state index is -0.159. The minimum Gasteiger partial charge on any atom is -0.493 e. The fourth-order valence-electron chi connectivity index (χ4n) is 4.02. The van der Waals surface area contributed by atoms with Crippen LogP contribution in [-0.4, -0.2) is 49.8 Å². The predicted molar refractivity (Wildman–Crippen MR) is 122 cm³/mol. The molecule has 0 saturated carbocycles. The van der Waals surface area contributed by atoms with Crippen LogP contribution in [0, 0.1) is 0 Å². The standard InChI is InChI=1S/C25H34N2O4/c1-6-30-23-12-11-22(13-24(23)29-5)19(4)26-25(28)21-9-7-20(8-10-21)16-27-14-17(2)31-18(3)15-27/h7-13,17-19H,6,14-16H2,1-5H3,(H,26,28). The van der Waals surface area contributed by atoms with Gasteiger partial charge in [-0.25, -0.2) is 0 Å². The lowest BCUT2D eigenvalue weighted by atomic mass is 10.1. The lowest BCUT2D eigenvalue weighted by Crippen LogP contribution is -2.44. The Bertz CT molecular complexity index is 858. The Morgan fingerprint density at radius 2 is 1.81 bits per heavy atom. The van der Waals surface area contributed by atoms with E-state index in [9.17, 15) is 4.79 Å². The molecule has 1 fully saturated rings. The Morgan fingerprint density at radius 3 is 2.42 bits per heavy atom. The fraction of sp³-hybridized carbons (Fsp3) is 0.480. The van der Waals surface area contributed by atoms with Crippen LogP contribution >= 0.6 is 0 Å². The van der Waals surface area contributed by atoms with E-state index in [1.54, 1.807) is 7.11 Å². The third-order valence-corrected chi connectivity index (χ3v) is 5.45. The summed E-state index contributed by atoms with van der Waals surface area (Å²) in [5, 5.41) is 3.07. The van der Waals surface area contributed by atoms with Crippen molar-refractivity contribution in [2.45, 2.75) is 52.5 Å². The summed E-state index contributed by atoms with van der Waals surface area (Å²) in [7, 11) is 1.62. The second kappa shape index (κ2) is 10.6. The van der Waals surface area contributed by atoms with Crippen molar-refractivity contribution in [1.82, 2.24) is 10.2 Å². The zero-order chi connectivity index (χ0) is 22.4. The molecule has 1 aliphatic heterocycles. The van der Waals surface area contributed by atoms with Gasteiger partial charge in [0.2, 0.25) is 0 Å². The average molecular weight is 427 g/mol. The van der Waals surface area contributed by atoms with Crippen molar-refractivity contribution in [3.05, 3.63) is 59.2 Å². The maximum atomic E-state index is 12.7. The van der Waals surface area contributed by atoms with Gasteiger partial charge in [0.1, 0.15) is 0 Å². The van der Waals surface area contributed by atoms with E-state index >= 15 is 0 Å². The van der Waals surface area contributed by atoms with Gasteiger partial charge in [0.15, 0.2) is 11.5 Å². The van der Waals surface area contributed by atoms with Gasteiger partial charge in [-0.15, -0.1) is 0 Å².